The number of alkyl halides is 3. The van der Waals surface area contributed by atoms with Gasteiger partial charge < -0.3 is 9.84 Å². The van der Waals surface area contributed by atoms with E-state index >= 15 is 0 Å². The van der Waals surface area contributed by atoms with Crippen molar-refractivity contribution in [1.29, 1.82) is 0 Å². The molecule has 132 valence electrons. The number of carboxylic acid groups (broad SMARTS) is 1. The molecule has 3 rings (SSSR count). The summed E-state index contributed by atoms with van der Waals surface area (Å²) < 4.78 is 45.9. The number of halogens is 3. The minimum Gasteiger partial charge on any atom is -0.494 e. The predicted molar refractivity (Wildman–Crippen MR) is 86.3 cm³/mol. The zero-order valence-electron chi connectivity index (χ0n) is 13.0. The number of imidazole rings is 1. The molecule has 0 fully saturated rings. The number of thiazole rings is 1. The van der Waals surface area contributed by atoms with Crippen molar-refractivity contribution in [3.63, 3.8) is 0 Å². The molecule has 0 spiro atoms. The summed E-state index contributed by atoms with van der Waals surface area (Å²) >= 11 is 0.496. The van der Waals surface area contributed by atoms with Gasteiger partial charge >= 0.3 is 12.1 Å². The maximum Gasteiger partial charge on any atom is 0.433 e. The van der Waals surface area contributed by atoms with Gasteiger partial charge in [-0.3, -0.25) is 4.40 Å². The number of carboxylic acids is 1. The second-order valence-electron chi connectivity index (χ2n) is 5.23. The first kappa shape index (κ1) is 17.3. The molecule has 25 heavy (non-hydrogen) atoms. The highest BCUT2D eigenvalue weighted by Gasteiger charge is 2.40. The summed E-state index contributed by atoms with van der Waals surface area (Å²) in [7, 11) is 0. The lowest BCUT2D eigenvalue weighted by Gasteiger charge is -2.06. The number of carbonyl (C=O) groups is 1. The van der Waals surface area contributed by atoms with Gasteiger partial charge in [-0.25, -0.2) is 9.78 Å². The van der Waals surface area contributed by atoms with Crippen molar-refractivity contribution in [2.75, 3.05) is 6.61 Å². The largest absolute Gasteiger partial charge is 0.494 e. The summed E-state index contributed by atoms with van der Waals surface area (Å²) in [6.45, 7) is 2.56. The van der Waals surface area contributed by atoms with Gasteiger partial charge in [-0.15, -0.1) is 0 Å². The SMILES string of the molecule is CCCOc1ccc(-c2cn3c(C(F)(F)F)c(C(=O)O)sc3n2)cc1. The van der Waals surface area contributed by atoms with Crippen LogP contribution in [0, 0.1) is 0 Å². The van der Waals surface area contributed by atoms with Crippen LogP contribution >= 0.6 is 11.3 Å². The summed E-state index contributed by atoms with van der Waals surface area (Å²) in [5, 5.41) is 8.99. The maximum atomic E-state index is 13.2. The third kappa shape index (κ3) is 3.32. The van der Waals surface area contributed by atoms with Crippen LogP contribution < -0.4 is 4.74 Å². The van der Waals surface area contributed by atoms with Gasteiger partial charge in [0.25, 0.3) is 0 Å². The number of rotatable bonds is 5. The van der Waals surface area contributed by atoms with E-state index in [9.17, 15) is 18.0 Å². The summed E-state index contributed by atoms with van der Waals surface area (Å²) in [5.41, 5.74) is -0.276. The Morgan fingerprint density at radius 1 is 1.32 bits per heavy atom. The van der Waals surface area contributed by atoms with E-state index in [2.05, 4.69) is 4.98 Å². The van der Waals surface area contributed by atoms with Crippen LogP contribution in [-0.4, -0.2) is 27.1 Å². The Morgan fingerprint density at radius 2 is 2.00 bits per heavy atom. The van der Waals surface area contributed by atoms with Crippen molar-refractivity contribution >= 4 is 22.3 Å². The van der Waals surface area contributed by atoms with Crippen molar-refractivity contribution in [2.24, 2.45) is 0 Å². The molecule has 9 heteroatoms. The van der Waals surface area contributed by atoms with Crippen LogP contribution in [0.3, 0.4) is 0 Å². The van der Waals surface area contributed by atoms with Crippen LogP contribution in [0.4, 0.5) is 13.2 Å². The van der Waals surface area contributed by atoms with Gasteiger partial charge in [-0.1, -0.05) is 18.3 Å². The fourth-order valence-corrected chi connectivity index (χ4v) is 3.30. The Bertz CT molecular complexity index is 913. The van der Waals surface area contributed by atoms with Crippen LogP contribution in [0.15, 0.2) is 30.5 Å². The summed E-state index contributed by atoms with van der Waals surface area (Å²) in [5.74, 6) is -0.961. The molecule has 0 saturated heterocycles. The quantitative estimate of drug-likeness (QED) is 0.715. The molecule has 0 aliphatic carbocycles. The van der Waals surface area contributed by atoms with Crippen molar-refractivity contribution in [3.05, 3.63) is 41.0 Å². The van der Waals surface area contributed by atoms with E-state index < -0.39 is 22.7 Å². The highest BCUT2D eigenvalue weighted by atomic mass is 32.1. The Kier molecular flexibility index (Phi) is 4.42. The number of aromatic nitrogens is 2. The number of nitrogens with zero attached hydrogens (tertiary/aromatic N) is 2. The minimum absolute atomic E-state index is 0.0222. The lowest BCUT2D eigenvalue weighted by Crippen LogP contribution is -2.13. The van der Waals surface area contributed by atoms with Crippen LogP contribution in [-0.2, 0) is 6.18 Å². The van der Waals surface area contributed by atoms with E-state index in [1.54, 1.807) is 24.3 Å². The second-order valence-corrected chi connectivity index (χ2v) is 6.21. The minimum atomic E-state index is -4.79. The van der Waals surface area contributed by atoms with E-state index in [1.165, 1.54) is 6.20 Å². The zero-order chi connectivity index (χ0) is 18.2. The van der Waals surface area contributed by atoms with Crippen LogP contribution in [0.1, 0.15) is 28.7 Å². The van der Waals surface area contributed by atoms with Gasteiger partial charge in [-0.2, -0.15) is 13.2 Å². The molecule has 2 aromatic heterocycles. The Balaban J connectivity index is 2.02. The van der Waals surface area contributed by atoms with Gasteiger partial charge in [-0.05, 0) is 30.7 Å². The molecule has 2 heterocycles. The lowest BCUT2D eigenvalue weighted by molar-refractivity contribution is -0.142. The molecule has 1 aromatic carbocycles. The summed E-state index contributed by atoms with van der Waals surface area (Å²) in [6, 6.07) is 6.82. The molecule has 1 N–H and O–H groups in total. The molecule has 0 amide bonds. The van der Waals surface area contributed by atoms with Gasteiger partial charge in [0.2, 0.25) is 0 Å². The molecule has 0 radical (unpaired) electrons. The third-order valence-corrected chi connectivity index (χ3v) is 4.45. The Morgan fingerprint density at radius 3 is 2.56 bits per heavy atom. The fraction of sp³-hybridized carbons (Fsp3) is 0.250. The summed E-state index contributed by atoms with van der Waals surface area (Å²) in [4.78, 5) is 14.4. The Labute approximate surface area is 144 Å². The first-order chi connectivity index (χ1) is 11.8. The molecule has 0 atom stereocenters. The Hall–Kier alpha value is -2.55. The molecular weight excluding hydrogens is 357 g/mol. The molecule has 0 aliphatic heterocycles. The monoisotopic (exact) mass is 370 g/mol. The first-order valence-electron chi connectivity index (χ1n) is 7.37. The third-order valence-electron chi connectivity index (χ3n) is 3.41. The number of fused-ring (bicyclic) bond motifs is 1. The number of benzene rings is 1. The first-order valence-corrected chi connectivity index (χ1v) is 8.18. The lowest BCUT2D eigenvalue weighted by atomic mass is 10.1. The van der Waals surface area contributed by atoms with Gasteiger partial charge in [0.1, 0.15) is 10.6 Å². The normalized spacial score (nSPS) is 11.8. The van der Waals surface area contributed by atoms with E-state index in [-0.39, 0.29) is 4.96 Å². The molecule has 0 bridgehead atoms. The van der Waals surface area contributed by atoms with Crippen LogP contribution in [0.2, 0.25) is 0 Å². The molecular formula is C16H13F3N2O3S. The van der Waals surface area contributed by atoms with Gasteiger partial charge in [0.05, 0.1) is 12.3 Å². The maximum absolute atomic E-state index is 13.2. The number of aromatic carboxylic acids is 1. The highest BCUT2D eigenvalue weighted by Crippen LogP contribution is 2.38. The highest BCUT2D eigenvalue weighted by molar-refractivity contribution is 7.19. The fourth-order valence-electron chi connectivity index (χ4n) is 2.34. The van der Waals surface area contributed by atoms with Crippen molar-refractivity contribution in [2.45, 2.75) is 19.5 Å². The van der Waals surface area contributed by atoms with Crippen molar-refractivity contribution in [3.8, 4) is 17.0 Å². The second kappa shape index (κ2) is 6.40. The van der Waals surface area contributed by atoms with Crippen LogP contribution in [0.25, 0.3) is 16.2 Å². The smallest absolute Gasteiger partial charge is 0.433 e. The summed E-state index contributed by atoms with van der Waals surface area (Å²) in [6.07, 6.45) is -2.73. The van der Waals surface area contributed by atoms with E-state index in [4.69, 9.17) is 9.84 Å². The standard InChI is InChI=1S/C16H13F3N2O3S/c1-2-7-24-10-5-3-9(4-6-10)11-8-21-13(16(17,18)19)12(14(22)23)25-15(21)20-11/h3-6,8H,2,7H2,1H3,(H,22,23). The molecule has 0 unspecified atom stereocenters. The molecule has 3 aromatic rings. The number of hydrogen-bond donors (Lipinski definition) is 1. The van der Waals surface area contributed by atoms with Gasteiger partial charge in [0.15, 0.2) is 10.7 Å². The molecule has 0 aliphatic rings. The number of hydrogen-bond acceptors (Lipinski definition) is 4. The van der Waals surface area contributed by atoms with E-state index in [1.807, 2.05) is 6.92 Å². The topological polar surface area (TPSA) is 63.8 Å². The average Bonchev–Trinajstić information content (AvgIpc) is 3.10. The van der Waals surface area contributed by atoms with Crippen molar-refractivity contribution in [1.82, 2.24) is 9.38 Å². The average molecular weight is 370 g/mol. The van der Waals surface area contributed by atoms with E-state index in [0.29, 0.717) is 35.0 Å². The van der Waals surface area contributed by atoms with Crippen molar-refractivity contribution < 1.29 is 27.8 Å². The molecule has 0 saturated carbocycles. The van der Waals surface area contributed by atoms with Gasteiger partial charge in [0, 0.05) is 11.8 Å². The zero-order valence-corrected chi connectivity index (χ0v) is 13.8. The van der Waals surface area contributed by atoms with Crippen LogP contribution in [0.5, 0.6) is 5.75 Å². The van der Waals surface area contributed by atoms with E-state index in [0.717, 1.165) is 10.8 Å². The predicted octanol–water partition coefficient (Wildman–Crippen LogP) is 4.57. The number of ether oxygens (including phenoxy) is 1. The molecule has 5 nitrogen and oxygen atoms in total.